The molecule has 7 heteroatoms. The Hall–Kier alpha value is -4.13. The summed E-state index contributed by atoms with van der Waals surface area (Å²) in [6, 6.07) is 16.0. The fourth-order valence-electron chi connectivity index (χ4n) is 4.70. The lowest BCUT2D eigenvalue weighted by Gasteiger charge is -2.26. The molecular weight excluding hydrogens is 432 g/mol. The normalized spacial score (nSPS) is 15.2. The van der Waals surface area contributed by atoms with Crippen LogP contribution >= 0.6 is 0 Å². The first kappa shape index (κ1) is 21.7. The third-order valence-electron chi connectivity index (χ3n) is 6.50. The van der Waals surface area contributed by atoms with Gasteiger partial charge in [-0.25, -0.2) is 0 Å². The summed E-state index contributed by atoms with van der Waals surface area (Å²) >= 11 is 0. The summed E-state index contributed by atoms with van der Waals surface area (Å²) in [5.74, 6) is -0.764. The largest absolute Gasteiger partial charge is 0.508 e. The van der Waals surface area contributed by atoms with Gasteiger partial charge in [0.25, 0.3) is 11.1 Å². The zero-order valence-corrected chi connectivity index (χ0v) is 18.9. The molecule has 0 bridgehead atoms. The number of para-hydroxylation sites is 1. The van der Waals surface area contributed by atoms with Crippen molar-refractivity contribution in [3.63, 3.8) is 0 Å². The molecule has 1 aliphatic rings. The fraction of sp³-hybridized carbons (Fsp3) is 0.222. The Balaban J connectivity index is 1.61. The summed E-state index contributed by atoms with van der Waals surface area (Å²) < 4.78 is 7.08. The molecule has 4 aromatic rings. The summed E-state index contributed by atoms with van der Waals surface area (Å²) in [4.78, 5) is 42.1. The molecule has 1 aliphatic heterocycles. The minimum Gasteiger partial charge on any atom is -0.508 e. The SMILES string of the molecule is Cc1cccc2cc([C@H]3CC(=O)Oc4cc(C)n(CCc5ccc(O)cc5)c(=O)c43)c(=O)[nH]c12. The molecule has 2 aromatic heterocycles. The van der Waals surface area contributed by atoms with Crippen molar-refractivity contribution in [2.24, 2.45) is 0 Å². The van der Waals surface area contributed by atoms with Gasteiger partial charge in [0.05, 0.1) is 17.5 Å². The van der Waals surface area contributed by atoms with E-state index in [1.54, 1.807) is 35.8 Å². The van der Waals surface area contributed by atoms with Gasteiger partial charge < -0.3 is 19.4 Å². The number of pyridine rings is 2. The van der Waals surface area contributed by atoms with Crippen LogP contribution in [0.5, 0.6) is 11.5 Å². The van der Waals surface area contributed by atoms with Crippen molar-refractivity contribution in [3.05, 3.63) is 103 Å². The topological polar surface area (TPSA) is 101 Å². The molecule has 2 N–H and O–H groups in total. The van der Waals surface area contributed by atoms with Crippen LogP contribution in [-0.4, -0.2) is 20.6 Å². The molecule has 0 fully saturated rings. The number of aryl methyl sites for hydroxylation is 3. The quantitative estimate of drug-likeness (QED) is 0.456. The predicted molar refractivity (Wildman–Crippen MR) is 129 cm³/mol. The molecule has 0 spiro atoms. The lowest BCUT2D eigenvalue weighted by Crippen LogP contribution is -2.35. The van der Waals surface area contributed by atoms with Gasteiger partial charge in [-0.3, -0.25) is 14.4 Å². The summed E-state index contributed by atoms with van der Waals surface area (Å²) in [7, 11) is 0. The summed E-state index contributed by atoms with van der Waals surface area (Å²) in [6.07, 6.45) is 0.504. The van der Waals surface area contributed by atoms with E-state index in [-0.39, 0.29) is 29.0 Å². The number of esters is 1. The monoisotopic (exact) mass is 456 g/mol. The number of H-pyrrole nitrogens is 1. The summed E-state index contributed by atoms with van der Waals surface area (Å²) in [6.45, 7) is 4.12. The number of phenols is 1. The first-order valence-electron chi connectivity index (χ1n) is 11.2. The molecule has 3 heterocycles. The molecule has 0 saturated carbocycles. The van der Waals surface area contributed by atoms with Crippen LogP contribution in [0.1, 0.15) is 40.3 Å². The van der Waals surface area contributed by atoms with E-state index < -0.39 is 11.9 Å². The Bertz CT molecular complexity index is 1550. The minimum absolute atomic E-state index is 0.0797. The number of fused-ring (bicyclic) bond motifs is 2. The Morgan fingerprint density at radius 1 is 1.06 bits per heavy atom. The molecule has 34 heavy (non-hydrogen) atoms. The molecule has 0 saturated heterocycles. The van der Waals surface area contributed by atoms with Crippen molar-refractivity contribution >= 4 is 16.9 Å². The van der Waals surface area contributed by atoms with Crippen molar-refractivity contribution in [2.45, 2.75) is 39.2 Å². The molecule has 0 amide bonds. The van der Waals surface area contributed by atoms with Gasteiger partial charge in [-0.2, -0.15) is 0 Å². The number of rotatable bonds is 4. The second-order valence-corrected chi connectivity index (χ2v) is 8.76. The second-order valence-electron chi connectivity index (χ2n) is 8.76. The Labute approximate surface area is 195 Å². The highest BCUT2D eigenvalue weighted by molar-refractivity contribution is 5.83. The van der Waals surface area contributed by atoms with Crippen LogP contribution in [0.25, 0.3) is 10.9 Å². The number of phenolic OH excluding ortho intramolecular Hbond substituents is 1. The van der Waals surface area contributed by atoms with Crippen LogP contribution in [0.2, 0.25) is 0 Å². The van der Waals surface area contributed by atoms with E-state index in [4.69, 9.17) is 4.74 Å². The molecule has 7 nitrogen and oxygen atoms in total. The second kappa shape index (κ2) is 8.33. The number of hydrogen-bond acceptors (Lipinski definition) is 5. The third kappa shape index (κ3) is 3.79. The first-order valence-corrected chi connectivity index (χ1v) is 11.2. The zero-order valence-electron chi connectivity index (χ0n) is 18.9. The molecule has 172 valence electrons. The van der Waals surface area contributed by atoms with Gasteiger partial charge >= 0.3 is 5.97 Å². The molecule has 5 rings (SSSR count). The number of carbonyl (C=O) groups excluding carboxylic acids is 1. The fourth-order valence-corrected chi connectivity index (χ4v) is 4.70. The van der Waals surface area contributed by atoms with Crippen LogP contribution in [0.3, 0.4) is 0 Å². The van der Waals surface area contributed by atoms with E-state index in [2.05, 4.69) is 4.98 Å². The zero-order chi connectivity index (χ0) is 24.0. The van der Waals surface area contributed by atoms with Crippen molar-refractivity contribution in [3.8, 4) is 11.5 Å². The standard InChI is InChI=1S/C27H24N2O5/c1-15-4-3-5-18-13-21(26(32)28-25(15)18)20-14-23(31)34-22-12-16(2)29(27(33)24(20)22)11-10-17-6-8-19(30)9-7-17/h3-9,12-13,20,30H,10-11,14H2,1-2H3,(H,28,32)/t20-/m1/s1. The Kier molecular flexibility index (Phi) is 5.32. The number of nitrogens with zero attached hydrogens (tertiary/aromatic N) is 1. The average Bonchev–Trinajstić information content (AvgIpc) is 2.79. The minimum atomic E-state index is -0.696. The van der Waals surface area contributed by atoms with E-state index in [1.807, 2.05) is 37.3 Å². The van der Waals surface area contributed by atoms with Crippen LogP contribution < -0.4 is 15.9 Å². The van der Waals surface area contributed by atoms with E-state index in [0.717, 1.165) is 22.0 Å². The summed E-state index contributed by atoms with van der Waals surface area (Å²) in [5.41, 5.74) is 3.44. The molecule has 2 aromatic carbocycles. The van der Waals surface area contributed by atoms with Crippen molar-refractivity contribution in [1.29, 1.82) is 0 Å². The van der Waals surface area contributed by atoms with Crippen LogP contribution in [0, 0.1) is 13.8 Å². The third-order valence-corrected chi connectivity index (χ3v) is 6.50. The van der Waals surface area contributed by atoms with Gasteiger partial charge in [0.1, 0.15) is 11.5 Å². The van der Waals surface area contributed by atoms with Gasteiger partial charge in [0.15, 0.2) is 0 Å². The molecule has 0 unspecified atom stereocenters. The number of benzene rings is 2. The van der Waals surface area contributed by atoms with Crippen molar-refractivity contribution in [2.75, 3.05) is 0 Å². The van der Waals surface area contributed by atoms with Crippen LogP contribution in [0.4, 0.5) is 0 Å². The summed E-state index contributed by atoms with van der Waals surface area (Å²) in [5, 5.41) is 10.3. The highest BCUT2D eigenvalue weighted by atomic mass is 16.5. The van der Waals surface area contributed by atoms with Crippen LogP contribution in [-0.2, 0) is 17.8 Å². The molecule has 0 aliphatic carbocycles. The first-order chi connectivity index (χ1) is 16.3. The van der Waals surface area contributed by atoms with E-state index in [0.29, 0.717) is 29.8 Å². The molecule has 0 radical (unpaired) electrons. The molecule has 1 atom stereocenters. The van der Waals surface area contributed by atoms with E-state index >= 15 is 0 Å². The number of nitrogens with one attached hydrogen (secondary N) is 1. The van der Waals surface area contributed by atoms with E-state index in [1.165, 1.54) is 0 Å². The average molecular weight is 456 g/mol. The van der Waals surface area contributed by atoms with Gasteiger partial charge in [0, 0.05) is 29.8 Å². The van der Waals surface area contributed by atoms with Gasteiger partial charge in [-0.1, -0.05) is 30.3 Å². The lowest BCUT2D eigenvalue weighted by molar-refractivity contribution is -0.135. The lowest BCUT2D eigenvalue weighted by atomic mass is 9.87. The smallest absolute Gasteiger partial charge is 0.312 e. The van der Waals surface area contributed by atoms with Gasteiger partial charge in [-0.05, 0) is 55.0 Å². The number of hydrogen-bond donors (Lipinski definition) is 2. The number of aromatic nitrogens is 2. The highest BCUT2D eigenvalue weighted by Crippen LogP contribution is 2.36. The Morgan fingerprint density at radius 3 is 2.59 bits per heavy atom. The van der Waals surface area contributed by atoms with Crippen molar-refractivity contribution in [1.82, 2.24) is 9.55 Å². The highest BCUT2D eigenvalue weighted by Gasteiger charge is 2.34. The number of ether oxygens (including phenoxy) is 1. The van der Waals surface area contributed by atoms with Crippen molar-refractivity contribution < 1.29 is 14.6 Å². The van der Waals surface area contributed by atoms with Crippen LogP contribution in [0.15, 0.2) is 64.2 Å². The Morgan fingerprint density at radius 2 is 1.82 bits per heavy atom. The maximum Gasteiger partial charge on any atom is 0.312 e. The number of aromatic hydroxyl groups is 1. The maximum atomic E-state index is 13.6. The van der Waals surface area contributed by atoms with E-state index in [9.17, 15) is 19.5 Å². The number of aromatic amines is 1. The predicted octanol–water partition coefficient (Wildman–Crippen LogP) is 3.70. The maximum absolute atomic E-state index is 13.6. The number of carbonyl (C=O) groups is 1. The molecular formula is C27H24N2O5. The van der Waals surface area contributed by atoms with Gasteiger partial charge in [0.2, 0.25) is 0 Å². The van der Waals surface area contributed by atoms with Gasteiger partial charge in [-0.15, -0.1) is 0 Å².